The first-order valence-electron chi connectivity index (χ1n) is 3.38. The molecule has 11 heavy (non-hydrogen) atoms. The Morgan fingerprint density at radius 2 is 2.45 bits per heavy atom. The van der Waals surface area contributed by atoms with Gasteiger partial charge in [0.05, 0.1) is 13.0 Å². The molecule has 1 aromatic rings. The summed E-state index contributed by atoms with van der Waals surface area (Å²) in [7, 11) is 0. The van der Waals surface area contributed by atoms with Gasteiger partial charge in [0, 0.05) is 6.61 Å². The van der Waals surface area contributed by atoms with Crippen molar-refractivity contribution in [3.05, 3.63) is 10.6 Å². The third kappa shape index (κ3) is 2.98. The molecule has 1 rings (SSSR count). The van der Waals surface area contributed by atoms with Gasteiger partial charge in [0.25, 0.3) is 0 Å². The number of aromatic nitrogens is 2. The maximum Gasteiger partial charge on any atom is 0.238 e. The molecule has 0 radical (unpaired) electrons. The van der Waals surface area contributed by atoms with Crippen molar-refractivity contribution in [1.82, 2.24) is 10.1 Å². The van der Waals surface area contributed by atoms with Gasteiger partial charge >= 0.3 is 0 Å². The molecule has 0 N–H and O–H groups in total. The van der Waals surface area contributed by atoms with E-state index in [0.717, 1.165) is 6.61 Å². The summed E-state index contributed by atoms with van der Waals surface area (Å²) in [5, 5.41) is 3.57. The normalized spacial score (nSPS) is 10.4. The van der Waals surface area contributed by atoms with Gasteiger partial charge in [-0.15, -0.1) is 0 Å². The zero-order valence-electron chi connectivity index (χ0n) is 6.21. The molecule has 0 saturated carbocycles. The molecule has 0 spiro atoms. The van der Waals surface area contributed by atoms with Gasteiger partial charge in [0.1, 0.15) is 0 Å². The second-order valence-corrected chi connectivity index (χ2v) is 2.61. The van der Waals surface area contributed by atoms with Crippen LogP contribution in [0.2, 0.25) is 0 Å². The average Bonchev–Trinajstić information content (AvgIpc) is 2.37. The first kappa shape index (κ1) is 8.67. The summed E-state index contributed by atoms with van der Waals surface area (Å²) in [5.74, 6) is 0.602. The van der Waals surface area contributed by atoms with Crippen molar-refractivity contribution in [2.45, 2.75) is 13.3 Å². The van der Waals surface area contributed by atoms with Crippen LogP contribution in [-0.2, 0) is 11.2 Å². The summed E-state index contributed by atoms with van der Waals surface area (Å²) in [6.07, 6.45) is 0.673. The topological polar surface area (TPSA) is 48.2 Å². The van der Waals surface area contributed by atoms with Crippen LogP contribution in [0.3, 0.4) is 0 Å². The van der Waals surface area contributed by atoms with E-state index in [1.807, 2.05) is 6.92 Å². The van der Waals surface area contributed by atoms with E-state index >= 15 is 0 Å². The number of rotatable bonds is 4. The quantitative estimate of drug-likeness (QED) is 0.721. The smallest absolute Gasteiger partial charge is 0.238 e. The molecule has 0 atom stereocenters. The van der Waals surface area contributed by atoms with Crippen LogP contribution in [-0.4, -0.2) is 23.4 Å². The Balaban J connectivity index is 2.27. The highest BCUT2D eigenvalue weighted by Crippen LogP contribution is 2.03. The standard InChI is InChI=1S/C6H9BrN2O2/c1-2-10-4-3-5-8-6(7)9-11-5/h2-4H2,1H3. The van der Waals surface area contributed by atoms with Gasteiger partial charge in [-0.25, -0.2) is 0 Å². The molecule has 0 unspecified atom stereocenters. The van der Waals surface area contributed by atoms with E-state index in [0.29, 0.717) is 23.7 Å². The molecule has 4 nitrogen and oxygen atoms in total. The van der Waals surface area contributed by atoms with E-state index in [9.17, 15) is 0 Å². The second kappa shape index (κ2) is 4.46. The number of ether oxygens (including phenoxy) is 1. The molecule has 0 fully saturated rings. The summed E-state index contributed by atoms with van der Waals surface area (Å²) in [6.45, 7) is 3.30. The SMILES string of the molecule is CCOCCc1nc(Br)no1. The molecule has 5 heteroatoms. The van der Waals surface area contributed by atoms with Crippen LogP contribution in [0, 0.1) is 0 Å². The molecule has 0 aliphatic rings. The highest BCUT2D eigenvalue weighted by atomic mass is 79.9. The van der Waals surface area contributed by atoms with Crippen LogP contribution in [0.4, 0.5) is 0 Å². The van der Waals surface area contributed by atoms with E-state index in [2.05, 4.69) is 26.1 Å². The van der Waals surface area contributed by atoms with E-state index in [-0.39, 0.29) is 0 Å². The lowest BCUT2D eigenvalue weighted by Crippen LogP contribution is -1.97. The summed E-state index contributed by atoms with van der Waals surface area (Å²) in [4.78, 5) is 3.94. The van der Waals surface area contributed by atoms with E-state index in [1.165, 1.54) is 0 Å². The fourth-order valence-corrected chi connectivity index (χ4v) is 0.910. The summed E-state index contributed by atoms with van der Waals surface area (Å²) in [6, 6.07) is 0. The minimum atomic E-state index is 0.490. The maximum absolute atomic E-state index is 5.10. The lowest BCUT2D eigenvalue weighted by molar-refractivity contribution is 0.144. The predicted molar refractivity (Wildman–Crippen MR) is 42.2 cm³/mol. The van der Waals surface area contributed by atoms with Crippen molar-refractivity contribution in [2.24, 2.45) is 0 Å². The van der Waals surface area contributed by atoms with Crippen LogP contribution >= 0.6 is 15.9 Å². The minimum absolute atomic E-state index is 0.490. The van der Waals surface area contributed by atoms with E-state index in [1.54, 1.807) is 0 Å². The Morgan fingerprint density at radius 1 is 1.64 bits per heavy atom. The number of hydrogen-bond donors (Lipinski definition) is 0. The zero-order valence-corrected chi connectivity index (χ0v) is 7.80. The molecule has 0 aliphatic heterocycles. The van der Waals surface area contributed by atoms with Crippen LogP contribution < -0.4 is 0 Å². The molecule has 1 aromatic heterocycles. The lowest BCUT2D eigenvalue weighted by atomic mass is 10.5. The molecule has 0 saturated heterocycles. The van der Waals surface area contributed by atoms with Crippen molar-refractivity contribution in [1.29, 1.82) is 0 Å². The summed E-state index contributed by atoms with van der Waals surface area (Å²) < 4.78 is 10.4. The van der Waals surface area contributed by atoms with Crippen molar-refractivity contribution >= 4 is 15.9 Å². The average molecular weight is 221 g/mol. The van der Waals surface area contributed by atoms with Gasteiger partial charge in [0.15, 0.2) is 0 Å². The number of nitrogens with zero attached hydrogens (tertiary/aromatic N) is 2. The predicted octanol–water partition coefficient (Wildman–Crippen LogP) is 1.41. The largest absolute Gasteiger partial charge is 0.381 e. The lowest BCUT2D eigenvalue weighted by Gasteiger charge is -1.94. The molecule has 1 heterocycles. The molecular formula is C6H9BrN2O2. The molecule has 0 aromatic carbocycles. The van der Waals surface area contributed by atoms with Crippen LogP contribution in [0.25, 0.3) is 0 Å². The number of halogens is 1. The summed E-state index contributed by atoms with van der Waals surface area (Å²) >= 11 is 3.08. The Kier molecular flexibility index (Phi) is 3.51. The highest BCUT2D eigenvalue weighted by Gasteiger charge is 2.01. The minimum Gasteiger partial charge on any atom is -0.381 e. The highest BCUT2D eigenvalue weighted by molar-refractivity contribution is 9.10. The van der Waals surface area contributed by atoms with Crippen molar-refractivity contribution in [2.75, 3.05) is 13.2 Å². The molecule has 0 bridgehead atoms. The maximum atomic E-state index is 5.10. The Hall–Kier alpha value is -0.420. The third-order valence-corrected chi connectivity index (χ3v) is 1.43. The van der Waals surface area contributed by atoms with Gasteiger partial charge in [-0.1, -0.05) is 0 Å². The van der Waals surface area contributed by atoms with Crippen LogP contribution in [0.5, 0.6) is 0 Å². The third-order valence-electron chi connectivity index (χ3n) is 1.11. The monoisotopic (exact) mass is 220 g/mol. The second-order valence-electron chi connectivity index (χ2n) is 1.90. The first-order chi connectivity index (χ1) is 5.33. The van der Waals surface area contributed by atoms with E-state index < -0.39 is 0 Å². The van der Waals surface area contributed by atoms with Gasteiger partial charge in [-0.2, -0.15) is 4.98 Å². The van der Waals surface area contributed by atoms with Crippen molar-refractivity contribution in [3.8, 4) is 0 Å². The molecule has 62 valence electrons. The zero-order chi connectivity index (χ0) is 8.10. The van der Waals surface area contributed by atoms with Crippen molar-refractivity contribution < 1.29 is 9.26 Å². The van der Waals surface area contributed by atoms with Gasteiger partial charge in [-0.05, 0) is 28.0 Å². The van der Waals surface area contributed by atoms with Crippen LogP contribution in [0.1, 0.15) is 12.8 Å². The fraction of sp³-hybridized carbons (Fsp3) is 0.667. The van der Waals surface area contributed by atoms with Gasteiger partial charge in [-0.3, -0.25) is 0 Å². The van der Waals surface area contributed by atoms with E-state index in [4.69, 9.17) is 9.26 Å². The van der Waals surface area contributed by atoms with Gasteiger partial charge < -0.3 is 9.26 Å². The van der Waals surface area contributed by atoms with Crippen LogP contribution in [0.15, 0.2) is 9.26 Å². The summed E-state index contributed by atoms with van der Waals surface area (Å²) in [5.41, 5.74) is 0. The molecule has 0 aliphatic carbocycles. The Morgan fingerprint density at radius 3 is 3.00 bits per heavy atom. The Bertz CT molecular complexity index is 214. The van der Waals surface area contributed by atoms with Gasteiger partial charge in [0.2, 0.25) is 10.6 Å². The molecule has 0 amide bonds. The Labute approximate surface area is 73.1 Å². The number of hydrogen-bond acceptors (Lipinski definition) is 4. The molecular weight excluding hydrogens is 212 g/mol. The van der Waals surface area contributed by atoms with Crippen molar-refractivity contribution in [3.63, 3.8) is 0 Å². The fourth-order valence-electron chi connectivity index (χ4n) is 0.639. The first-order valence-corrected chi connectivity index (χ1v) is 4.18.